The molecule has 0 saturated heterocycles. The number of rotatable bonds is 4. The normalized spacial score (nSPS) is 23.0. The molecule has 1 saturated carbocycles. The van der Waals surface area contributed by atoms with Gasteiger partial charge in [-0.15, -0.1) is 0 Å². The van der Waals surface area contributed by atoms with Gasteiger partial charge in [-0.05, 0) is 37.3 Å². The van der Waals surface area contributed by atoms with Gasteiger partial charge in [0.15, 0.2) is 0 Å². The van der Waals surface area contributed by atoms with Gasteiger partial charge in [0.25, 0.3) is 0 Å². The lowest BCUT2D eigenvalue weighted by atomic mass is 9.98. The van der Waals surface area contributed by atoms with Crippen LogP contribution >= 0.6 is 12.2 Å². The van der Waals surface area contributed by atoms with E-state index in [1.807, 2.05) is 0 Å². The molecule has 1 aliphatic carbocycles. The Morgan fingerprint density at radius 3 is 2.83 bits per heavy atom. The van der Waals surface area contributed by atoms with Crippen molar-refractivity contribution in [2.45, 2.75) is 33.1 Å². The van der Waals surface area contributed by atoms with Crippen molar-refractivity contribution in [3.63, 3.8) is 0 Å². The molecule has 0 aliphatic heterocycles. The van der Waals surface area contributed by atoms with Crippen LogP contribution in [0.15, 0.2) is 18.2 Å². The average molecular weight is 262 g/mol. The number of thiocarbonyl (C=S) groups is 1. The first-order valence-electron chi connectivity index (χ1n) is 6.72. The monoisotopic (exact) mass is 262 g/mol. The SMILES string of the molecule is Cc1ccc(NCC2CCCC2C)c(C(N)=S)c1. The highest BCUT2D eigenvalue weighted by Crippen LogP contribution is 2.31. The Balaban J connectivity index is 2.06. The van der Waals surface area contributed by atoms with Crippen molar-refractivity contribution in [3.8, 4) is 0 Å². The molecule has 3 N–H and O–H groups in total. The highest BCUT2D eigenvalue weighted by molar-refractivity contribution is 7.80. The first-order chi connectivity index (χ1) is 8.58. The van der Waals surface area contributed by atoms with Gasteiger partial charge in [0.2, 0.25) is 0 Å². The van der Waals surface area contributed by atoms with Gasteiger partial charge in [-0.2, -0.15) is 0 Å². The predicted octanol–water partition coefficient (Wildman–Crippen LogP) is 3.48. The molecular weight excluding hydrogens is 240 g/mol. The molecule has 1 aromatic rings. The molecule has 0 spiro atoms. The van der Waals surface area contributed by atoms with Crippen LogP contribution in [0.5, 0.6) is 0 Å². The van der Waals surface area contributed by atoms with Gasteiger partial charge in [-0.3, -0.25) is 0 Å². The van der Waals surface area contributed by atoms with Crippen LogP contribution in [0.25, 0.3) is 0 Å². The van der Waals surface area contributed by atoms with Crippen molar-refractivity contribution in [2.24, 2.45) is 17.6 Å². The van der Waals surface area contributed by atoms with Crippen LogP contribution in [0, 0.1) is 18.8 Å². The van der Waals surface area contributed by atoms with Gasteiger partial charge in [0.05, 0.1) is 0 Å². The quantitative estimate of drug-likeness (QED) is 0.816. The maximum absolute atomic E-state index is 5.79. The minimum Gasteiger partial charge on any atom is -0.389 e. The Kier molecular flexibility index (Phi) is 4.23. The number of nitrogens with one attached hydrogen (secondary N) is 1. The van der Waals surface area contributed by atoms with Crippen LogP contribution < -0.4 is 11.1 Å². The van der Waals surface area contributed by atoms with Gasteiger partial charge in [0, 0.05) is 17.8 Å². The second kappa shape index (κ2) is 5.70. The highest BCUT2D eigenvalue weighted by Gasteiger charge is 2.23. The molecule has 3 heteroatoms. The summed E-state index contributed by atoms with van der Waals surface area (Å²) in [5.74, 6) is 1.61. The van der Waals surface area contributed by atoms with Crippen LogP contribution in [0.3, 0.4) is 0 Å². The van der Waals surface area contributed by atoms with E-state index in [0.29, 0.717) is 4.99 Å². The molecule has 1 fully saturated rings. The molecule has 2 rings (SSSR count). The zero-order valence-corrected chi connectivity index (χ0v) is 12.0. The molecule has 2 nitrogen and oxygen atoms in total. The molecule has 0 amide bonds. The van der Waals surface area contributed by atoms with E-state index >= 15 is 0 Å². The van der Waals surface area contributed by atoms with Crippen molar-refractivity contribution in [2.75, 3.05) is 11.9 Å². The van der Waals surface area contributed by atoms with Crippen molar-refractivity contribution in [1.29, 1.82) is 0 Å². The summed E-state index contributed by atoms with van der Waals surface area (Å²) in [6.07, 6.45) is 4.06. The summed E-state index contributed by atoms with van der Waals surface area (Å²) in [6, 6.07) is 6.24. The fourth-order valence-electron chi connectivity index (χ4n) is 2.78. The van der Waals surface area contributed by atoms with Gasteiger partial charge < -0.3 is 11.1 Å². The Morgan fingerprint density at radius 1 is 1.44 bits per heavy atom. The topological polar surface area (TPSA) is 38.0 Å². The number of aryl methyl sites for hydroxylation is 1. The maximum Gasteiger partial charge on any atom is 0.106 e. The molecule has 0 bridgehead atoms. The molecule has 1 aliphatic rings. The van der Waals surface area contributed by atoms with E-state index in [1.54, 1.807) is 0 Å². The van der Waals surface area contributed by atoms with Crippen molar-refractivity contribution >= 4 is 22.9 Å². The minimum atomic E-state index is 0.473. The van der Waals surface area contributed by atoms with Gasteiger partial charge in [-0.1, -0.05) is 43.6 Å². The van der Waals surface area contributed by atoms with Crippen LogP contribution in [-0.4, -0.2) is 11.5 Å². The van der Waals surface area contributed by atoms with Crippen molar-refractivity contribution in [3.05, 3.63) is 29.3 Å². The number of nitrogens with two attached hydrogens (primary N) is 1. The molecule has 1 aromatic carbocycles. The largest absolute Gasteiger partial charge is 0.389 e. The highest BCUT2D eigenvalue weighted by atomic mass is 32.1. The summed E-state index contributed by atoms with van der Waals surface area (Å²) in [7, 11) is 0. The molecule has 0 heterocycles. The molecule has 0 radical (unpaired) electrons. The van der Waals surface area contributed by atoms with Crippen molar-refractivity contribution < 1.29 is 0 Å². The Labute approximate surface area is 115 Å². The third-order valence-corrected chi connectivity index (χ3v) is 4.25. The van der Waals surface area contributed by atoms with Crippen molar-refractivity contribution in [1.82, 2.24) is 0 Å². The second-order valence-electron chi connectivity index (χ2n) is 5.46. The lowest BCUT2D eigenvalue weighted by molar-refractivity contribution is 0.439. The summed E-state index contributed by atoms with van der Waals surface area (Å²) >= 11 is 5.12. The van der Waals surface area contributed by atoms with Crippen LogP contribution in [0.4, 0.5) is 5.69 Å². The van der Waals surface area contributed by atoms with E-state index in [9.17, 15) is 0 Å². The van der Waals surface area contributed by atoms with E-state index in [4.69, 9.17) is 18.0 Å². The van der Waals surface area contributed by atoms with Crippen LogP contribution in [-0.2, 0) is 0 Å². The van der Waals surface area contributed by atoms with Gasteiger partial charge in [-0.25, -0.2) is 0 Å². The third-order valence-electron chi connectivity index (χ3n) is 4.03. The zero-order chi connectivity index (χ0) is 13.1. The first kappa shape index (κ1) is 13.3. The Hall–Kier alpha value is -1.09. The van der Waals surface area contributed by atoms with Gasteiger partial charge in [0.1, 0.15) is 4.99 Å². The Bertz CT molecular complexity index is 442. The molecule has 2 unspecified atom stereocenters. The number of benzene rings is 1. The smallest absolute Gasteiger partial charge is 0.106 e. The molecule has 2 atom stereocenters. The lowest BCUT2D eigenvalue weighted by Gasteiger charge is -2.18. The maximum atomic E-state index is 5.79. The molecule has 18 heavy (non-hydrogen) atoms. The summed E-state index contributed by atoms with van der Waals surface area (Å²) in [5, 5.41) is 3.53. The van der Waals surface area contributed by atoms with Crippen LogP contribution in [0.1, 0.15) is 37.3 Å². The second-order valence-corrected chi connectivity index (χ2v) is 5.90. The van der Waals surface area contributed by atoms with Gasteiger partial charge >= 0.3 is 0 Å². The third kappa shape index (κ3) is 3.02. The predicted molar refractivity (Wildman–Crippen MR) is 82.1 cm³/mol. The summed E-state index contributed by atoms with van der Waals surface area (Å²) in [4.78, 5) is 0.473. The Morgan fingerprint density at radius 2 is 2.22 bits per heavy atom. The zero-order valence-electron chi connectivity index (χ0n) is 11.2. The first-order valence-corrected chi connectivity index (χ1v) is 7.13. The van der Waals surface area contributed by atoms with E-state index in [1.165, 1.54) is 24.8 Å². The number of hydrogen-bond acceptors (Lipinski definition) is 2. The van der Waals surface area contributed by atoms with Crippen LogP contribution in [0.2, 0.25) is 0 Å². The fraction of sp³-hybridized carbons (Fsp3) is 0.533. The number of anilines is 1. The van der Waals surface area contributed by atoms with E-state index in [0.717, 1.165) is 29.6 Å². The lowest BCUT2D eigenvalue weighted by Crippen LogP contribution is -2.19. The molecule has 98 valence electrons. The minimum absolute atomic E-state index is 0.473. The molecular formula is C15H22N2S. The average Bonchev–Trinajstić information content (AvgIpc) is 2.73. The summed E-state index contributed by atoms with van der Waals surface area (Å²) in [5.41, 5.74) is 9.02. The van der Waals surface area contributed by atoms with E-state index in [2.05, 4.69) is 37.4 Å². The van der Waals surface area contributed by atoms with E-state index in [-0.39, 0.29) is 0 Å². The fourth-order valence-corrected chi connectivity index (χ4v) is 2.95. The number of hydrogen-bond donors (Lipinski definition) is 2. The summed E-state index contributed by atoms with van der Waals surface area (Å²) < 4.78 is 0. The molecule has 0 aromatic heterocycles. The summed E-state index contributed by atoms with van der Waals surface area (Å²) in [6.45, 7) is 5.44. The standard InChI is InChI=1S/C15H22N2S/c1-10-6-7-14(13(8-10)15(16)18)17-9-12-5-3-4-11(12)2/h6-8,11-12,17H,3-5,9H2,1-2H3,(H2,16,18). The van der Waals surface area contributed by atoms with E-state index < -0.39 is 0 Å².